The van der Waals surface area contributed by atoms with Crippen molar-refractivity contribution < 1.29 is 9.47 Å². The highest BCUT2D eigenvalue weighted by molar-refractivity contribution is 5.48. The topological polar surface area (TPSA) is 44.5 Å². The van der Waals surface area contributed by atoms with Crippen LogP contribution in [0.4, 0.5) is 0 Å². The fourth-order valence-electron chi connectivity index (χ4n) is 1.99. The van der Waals surface area contributed by atoms with E-state index in [0.29, 0.717) is 13.2 Å². The maximum Gasteiger partial charge on any atom is 0.135 e. The largest absolute Gasteiger partial charge is 0.496 e. The molecular weight excluding hydrogens is 262 g/mol. The van der Waals surface area contributed by atoms with Crippen molar-refractivity contribution in [2.24, 2.45) is 5.73 Å². The Labute approximate surface area is 125 Å². The minimum Gasteiger partial charge on any atom is -0.496 e. The SMILES string of the molecule is COc1ccccc1COc1ccc(C)cc1C#CCN. The molecule has 0 saturated carbocycles. The standard InChI is InChI=1S/C18H19NO2/c1-14-9-10-18(15(12-14)7-5-11-19)21-13-16-6-3-4-8-17(16)20-2/h3-4,6,8-10,12H,11,13,19H2,1-2H3. The zero-order valence-corrected chi connectivity index (χ0v) is 12.3. The van der Waals surface area contributed by atoms with Crippen LogP contribution in [0.15, 0.2) is 42.5 Å². The summed E-state index contributed by atoms with van der Waals surface area (Å²) in [6, 6.07) is 13.7. The highest BCUT2D eigenvalue weighted by atomic mass is 16.5. The Morgan fingerprint density at radius 1 is 1.10 bits per heavy atom. The number of hydrogen-bond acceptors (Lipinski definition) is 3. The molecule has 0 amide bonds. The van der Waals surface area contributed by atoms with Gasteiger partial charge in [-0.1, -0.05) is 36.1 Å². The molecule has 0 atom stereocenters. The molecule has 2 aromatic carbocycles. The Hall–Kier alpha value is -2.44. The van der Waals surface area contributed by atoms with Crippen molar-refractivity contribution in [3.8, 4) is 23.3 Å². The molecule has 21 heavy (non-hydrogen) atoms. The van der Waals surface area contributed by atoms with Gasteiger partial charge in [-0.15, -0.1) is 0 Å². The van der Waals surface area contributed by atoms with Crippen LogP contribution in [0.2, 0.25) is 0 Å². The van der Waals surface area contributed by atoms with E-state index in [4.69, 9.17) is 15.2 Å². The summed E-state index contributed by atoms with van der Waals surface area (Å²) >= 11 is 0. The van der Waals surface area contributed by atoms with Gasteiger partial charge in [0.25, 0.3) is 0 Å². The Balaban J connectivity index is 2.20. The first-order valence-corrected chi connectivity index (χ1v) is 6.79. The summed E-state index contributed by atoms with van der Waals surface area (Å²) in [7, 11) is 1.66. The van der Waals surface area contributed by atoms with Gasteiger partial charge in [-0.25, -0.2) is 0 Å². The molecular formula is C18H19NO2. The van der Waals surface area contributed by atoms with Crippen LogP contribution in [0.3, 0.4) is 0 Å². The lowest BCUT2D eigenvalue weighted by Gasteiger charge is -2.11. The zero-order chi connectivity index (χ0) is 15.1. The molecule has 0 aliphatic carbocycles. The maximum absolute atomic E-state index is 5.89. The minimum absolute atomic E-state index is 0.333. The molecule has 0 radical (unpaired) electrons. The molecule has 0 aliphatic heterocycles. The highest BCUT2D eigenvalue weighted by Crippen LogP contribution is 2.23. The molecule has 2 N–H and O–H groups in total. The van der Waals surface area contributed by atoms with Crippen LogP contribution in [0.5, 0.6) is 11.5 Å². The molecule has 0 aromatic heterocycles. The Morgan fingerprint density at radius 2 is 1.90 bits per heavy atom. The van der Waals surface area contributed by atoms with Gasteiger partial charge < -0.3 is 15.2 Å². The van der Waals surface area contributed by atoms with E-state index in [0.717, 1.165) is 28.2 Å². The third kappa shape index (κ3) is 4.01. The highest BCUT2D eigenvalue weighted by Gasteiger charge is 2.05. The molecule has 0 fully saturated rings. The Bertz CT molecular complexity index is 668. The van der Waals surface area contributed by atoms with E-state index in [-0.39, 0.29) is 0 Å². The molecule has 0 bridgehead atoms. The number of hydrogen-bond donors (Lipinski definition) is 1. The van der Waals surface area contributed by atoms with Gasteiger partial charge in [0, 0.05) is 5.56 Å². The van der Waals surface area contributed by atoms with Gasteiger partial charge in [-0.3, -0.25) is 0 Å². The molecule has 0 unspecified atom stereocenters. The lowest BCUT2D eigenvalue weighted by molar-refractivity contribution is 0.296. The van der Waals surface area contributed by atoms with E-state index in [1.807, 2.05) is 49.4 Å². The van der Waals surface area contributed by atoms with Gasteiger partial charge in [0.05, 0.1) is 19.2 Å². The van der Waals surface area contributed by atoms with E-state index >= 15 is 0 Å². The summed E-state index contributed by atoms with van der Waals surface area (Å²) in [5.74, 6) is 7.49. The lowest BCUT2D eigenvalue weighted by Crippen LogP contribution is -2.00. The van der Waals surface area contributed by atoms with E-state index in [9.17, 15) is 0 Å². The normalized spacial score (nSPS) is 9.67. The predicted octanol–water partition coefficient (Wildman–Crippen LogP) is 2.89. The molecule has 108 valence electrons. The summed E-state index contributed by atoms with van der Waals surface area (Å²) in [5, 5.41) is 0. The molecule has 0 spiro atoms. The first-order valence-electron chi connectivity index (χ1n) is 6.79. The average molecular weight is 281 g/mol. The van der Waals surface area contributed by atoms with Gasteiger partial charge in [-0.05, 0) is 30.7 Å². The second-order valence-electron chi connectivity index (χ2n) is 4.61. The second-order valence-corrected chi connectivity index (χ2v) is 4.61. The maximum atomic E-state index is 5.89. The summed E-state index contributed by atoms with van der Waals surface area (Å²) < 4.78 is 11.2. The smallest absolute Gasteiger partial charge is 0.135 e. The number of rotatable bonds is 4. The summed E-state index contributed by atoms with van der Waals surface area (Å²) in [6.07, 6.45) is 0. The van der Waals surface area contributed by atoms with Crippen molar-refractivity contribution in [2.75, 3.05) is 13.7 Å². The number of aryl methyl sites for hydroxylation is 1. The zero-order valence-electron chi connectivity index (χ0n) is 12.3. The van der Waals surface area contributed by atoms with Crippen LogP contribution < -0.4 is 15.2 Å². The average Bonchev–Trinajstić information content (AvgIpc) is 2.52. The summed E-state index contributed by atoms with van der Waals surface area (Å²) in [5.41, 5.74) is 8.43. The quantitative estimate of drug-likeness (QED) is 0.876. The molecule has 3 nitrogen and oxygen atoms in total. The minimum atomic E-state index is 0.333. The van der Waals surface area contributed by atoms with Gasteiger partial charge in [0.15, 0.2) is 0 Å². The van der Waals surface area contributed by atoms with Crippen molar-refractivity contribution in [1.29, 1.82) is 0 Å². The van der Waals surface area contributed by atoms with Crippen LogP contribution in [0.25, 0.3) is 0 Å². The van der Waals surface area contributed by atoms with Crippen molar-refractivity contribution in [3.63, 3.8) is 0 Å². The Kier molecular flexibility index (Phi) is 5.25. The van der Waals surface area contributed by atoms with E-state index in [1.165, 1.54) is 0 Å². The number of para-hydroxylation sites is 1. The van der Waals surface area contributed by atoms with E-state index in [1.54, 1.807) is 7.11 Å². The number of benzene rings is 2. The molecule has 3 heteroatoms. The van der Waals surface area contributed by atoms with Crippen LogP contribution in [0, 0.1) is 18.8 Å². The molecule has 2 rings (SSSR count). The van der Waals surface area contributed by atoms with Gasteiger partial charge in [0.2, 0.25) is 0 Å². The van der Waals surface area contributed by atoms with E-state index < -0.39 is 0 Å². The Morgan fingerprint density at radius 3 is 2.67 bits per heavy atom. The number of nitrogens with two attached hydrogens (primary N) is 1. The second kappa shape index (κ2) is 7.37. The van der Waals surface area contributed by atoms with Crippen molar-refractivity contribution in [3.05, 3.63) is 59.2 Å². The summed E-state index contributed by atoms with van der Waals surface area (Å²) in [4.78, 5) is 0. The predicted molar refractivity (Wildman–Crippen MR) is 84.4 cm³/mol. The van der Waals surface area contributed by atoms with Crippen LogP contribution in [-0.2, 0) is 6.61 Å². The fourth-order valence-corrected chi connectivity index (χ4v) is 1.99. The van der Waals surface area contributed by atoms with Gasteiger partial charge in [0.1, 0.15) is 18.1 Å². The van der Waals surface area contributed by atoms with Gasteiger partial charge in [-0.2, -0.15) is 0 Å². The van der Waals surface area contributed by atoms with Crippen LogP contribution in [-0.4, -0.2) is 13.7 Å². The van der Waals surface area contributed by atoms with Crippen LogP contribution in [0.1, 0.15) is 16.7 Å². The van der Waals surface area contributed by atoms with Crippen molar-refractivity contribution in [1.82, 2.24) is 0 Å². The summed E-state index contributed by atoms with van der Waals surface area (Å²) in [6.45, 7) is 2.79. The molecule has 0 saturated heterocycles. The third-order valence-electron chi connectivity index (χ3n) is 3.04. The molecule has 0 heterocycles. The van der Waals surface area contributed by atoms with Crippen molar-refractivity contribution >= 4 is 0 Å². The number of ether oxygens (including phenoxy) is 2. The third-order valence-corrected chi connectivity index (χ3v) is 3.04. The van der Waals surface area contributed by atoms with Gasteiger partial charge >= 0.3 is 0 Å². The number of methoxy groups -OCH3 is 1. The molecule has 2 aromatic rings. The first-order chi connectivity index (χ1) is 10.2. The molecule has 0 aliphatic rings. The van der Waals surface area contributed by atoms with Crippen molar-refractivity contribution in [2.45, 2.75) is 13.5 Å². The first kappa shape index (κ1) is 15.0. The monoisotopic (exact) mass is 281 g/mol. The lowest BCUT2D eigenvalue weighted by atomic mass is 10.1. The fraction of sp³-hybridized carbons (Fsp3) is 0.222. The van der Waals surface area contributed by atoms with Crippen LogP contribution >= 0.6 is 0 Å². The van der Waals surface area contributed by atoms with E-state index in [2.05, 4.69) is 11.8 Å².